The molecule has 6 heteroatoms. The van der Waals surface area contributed by atoms with E-state index >= 15 is 0 Å². The highest BCUT2D eigenvalue weighted by atomic mass is 35.5. The largest absolute Gasteiger partial charge is 0.352 e. The maximum absolute atomic E-state index is 13.0. The van der Waals surface area contributed by atoms with Crippen LogP contribution in [0.1, 0.15) is 31.2 Å². The Morgan fingerprint density at radius 2 is 2.10 bits per heavy atom. The second-order valence-corrected chi connectivity index (χ2v) is 5.66. The van der Waals surface area contributed by atoms with Gasteiger partial charge in [0.1, 0.15) is 5.82 Å². The fraction of sp³-hybridized carbons (Fsp3) is 0.533. The Balaban J connectivity index is 0.00000220. The van der Waals surface area contributed by atoms with Crippen molar-refractivity contribution in [2.75, 3.05) is 13.1 Å². The molecule has 3 nitrogen and oxygen atoms in total. The number of carbonyl (C=O) groups is 1. The van der Waals surface area contributed by atoms with Gasteiger partial charge in [-0.1, -0.05) is 17.7 Å². The molecule has 0 aliphatic carbocycles. The van der Waals surface area contributed by atoms with E-state index < -0.39 is 5.82 Å². The number of carbonyl (C=O) groups excluding carboxylic acids is 1. The number of hydrogen-bond donors (Lipinski definition) is 2. The van der Waals surface area contributed by atoms with Crippen LogP contribution in [-0.4, -0.2) is 19.0 Å². The Bertz CT molecular complexity index is 465. The van der Waals surface area contributed by atoms with Crippen molar-refractivity contribution >= 4 is 29.9 Å². The van der Waals surface area contributed by atoms with Crippen molar-refractivity contribution in [1.29, 1.82) is 0 Å². The van der Waals surface area contributed by atoms with E-state index in [9.17, 15) is 9.18 Å². The Labute approximate surface area is 136 Å². The number of hydrogen-bond acceptors (Lipinski definition) is 2. The van der Waals surface area contributed by atoms with E-state index in [1.54, 1.807) is 12.1 Å². The second-order valence-electron chi connectivity index (χ2n) is 5.26. The summed E-state index contributed by atoms with van der Waals surface area (Å²) >= 11 is 5.70. The Kier molecular flexibility index (Phi) is 8.01. The zero-order valence-corrected chi connectivity index (χ0v) is 13.4. The summed E-state index contributed by atoms with van der Waals surface area (Å²) in [6.07, 6.45) is 3.80. The summed E-state index contributed by atoms with van der Waals surface area (Å²) < 4.78 is 13.0. The van der Waals surface area contributed by atoms with Gasteiger partial charge in [0.15, 0.2) is 0 Å². The average Bonchev–Trinajstić information content (AvgIpc) is 2.47. The lowest BCUT2D eigenvalue weighted by Gasteiger charge is -2.22. The van der Waals surface area contributed by atoms with Gasteiger partial charge in [0.05, 0.1) is 5.02 Å². The third-order valence-electron chi connectivity index (χ3n) is 3.71. The Hall–Kier alpha value is -0.840. The monoisotopic (exact) mass is 334 g/mol. The smallest absolute Gasteiger partial charge is 0.220 e. The van der Waals surface area contributed by atoms with Gasteiger partial charge in [-0.25, -0.2) is 4.39 Å². The van der Waals surface area contributed by atoms with E-state index in [-0.39, 0.29) is 23.3 Å². The molecular weight excluding hydrogens is 314 g/mol. The van der Waals surface area contributed by atoms with Crippen LogP contribution in [0.2, 0.25) is 5.02 Å². The van der Waals surface area contributed by atoms with E-state index in [1.165, 1.54) is 6.07 Å². The van der Waals surface area contributed by atoms with Gasteiger partial charge in [-0.05, 0) is 56.0 Å². The standard InChI is InChI=1S/C15H20ClFN2O.ClH/c16-13-9-12(1-3-14(13)17)10-19-15(20)4-2-11-5-7-18-8-6-11;/h1,3,9,11,18H,2,4-8,10H2,(H,19,20);1H. The summed E-state index contributed by atoms with van der Waals surface area (Å²) in [4.78, 5) is 11.8. The number of halogens is 3. The van der Waals surface area contributed by atoms with Crippen molar-refractivity contribution in [3.8, 4) is 0 Å². The summed E-state index contributed by atoms with van der Waals surface area (Å²) in [5, 5.41) is 6.25. The van der Waals surface area contributed by atoms with Crippen LogP contribution in [0.5, 0.6) is 0 Å². The fourth-order valence-corrected chi connectivity index (χ4v) is 2.65. The molecule has 1 aromatic rings. The predicted octanol–water partition coefficient (Wildman–Crippen LogP) is 3.30. The lowest BCUT2D eigenvalue weighted by molar-refractivity contribution is -0.121. The van der Waals surface area contributed by atoms with Crippen molar-refractivity contribution in [2.45, 2.75) is 32.2 Å². The summed E-state index contributed by atoms with van der Waals surface area (Å²) in [6, 6.07) is 4.50. The summed E-state index contributed by atoms with van der Waals surface area (Å²) in [6.45, 7) is 2.51. The molecule has 1 saturated heterocycles. The van der Waals surface area contributed by atoms with Gasteiger partial charge in [0, 0.05) is 13.0 Å². The SMILES string of the molecule is Cl.O=C(CCC1CCNCC1)NCc1ccc(F)c(Cl)c1. The van der Waals surface area contributed by atoms with Crippen LogP contribution >= 0.6 is 24.0 Å². The maximum Gasteiger partial charge on any atom is 0.220 e. The highest BCUT2D eigenvalue weighted by molar-refractivity contribution is 6.30. The highest BCUT2D eigenvalue weighted by Crippen LogP contribution is 2.18. The van der Waals surface area contributed by atoms with E-state index in [0.29, 0.717) is 18.9 Å². The van der Waals surface area contributed by atoms with E-state index in [0.717, 1.165) is 37.9 Å². The molecule has 118 valence electrons. The second kappa shape index (κ2) is 9.23. The molecule has 21 heavy (non-hydrogen) atoms. The number of nitrogens with one attached hydrogen (secondary N) is 2. The summed E-state index contributed by atoms with van der Waals surface area (Å²) in [7, 11) is 0. The van der Waals surface area contributed by atoms with Gasteiger partial charge >= 0.3 is 0 Å². The first kappa shape index (κ1) is 18.2. The fourth-order valence-electron chi connectivity index (χ4n) is 2.44. The van der Waals surface area contributed by atoms with Gasteiger partial charge in [0.2, 0.25) is 5.91 Å². The van der Waals surface area contributed by atoms with E-state index in [2.05, 4.69) is 10.6 Å². The molecule has 0 saturated carbocycles. The molecule has 1 aliphatic heterocycles. The van der Waals surface area contributed by atoms with Crippen molar-refractivity contribution in [3.05, 3.63) is 34.6 Å². The Morgan fingerprint density at radius 1 is 1.38 bits per heavy atom. The van der Waals surface area contributed by atoms with Crippen LogP contribution in [0.4, 0.5) is 4.39 Å². The lowest BCUT2D eigenvalue weighted by Crippen LogP contribution is -2.29. The van der Waals surface area contributed by atoms with Gasteiger partial charge < -0.3 is 10.6 Å². The molecule has 1 fully saturated rings. The molecule has 0 spiro atoms. The van der Waals surface area contributed by atoms with E-state index in [4.69, 9.17) is 11.6 Å². The van der Waals surface area contributed by atoms with Crippen LogP contribution < -0.4 is 10.6 Å². The normalized spacial score (nSPS) is 15.3. The minimum Gasteiger partial charge on any atom is -0.352 e. The third-order valence-corrected chi connectivity index (χ3v) is 4.00. The molecule has 2 rings (SSSR count). The Morgan fingerprint density at radius 3 is 2.76 bits per heavy atom. The molecule has 1 heterocycles. The number of piperidine rings is 1. The topological polar surface area (TPSA) is 41.1 Å². The highest BCUT2D eigenvalue weighted by Gasteiger charge is 2.14. The molecule has 1 aromatic carbocycles. The zero-order valence-electron chi connectivity index (χ0n) is 11.8. The zero-order chi connectivity index (χ0) is 14.4. The molecule has 0 bridgehead atoms. The van der Waals surface area contributed by atoms with Crippen LogP contribution in [0.15, 0.2) is 18.2 Å². The van der Waals surface area contributed by atoms with Gasteiger partial charge in [-0.3, -0.25) is 4.79 Å². The number of amides is 1. The van der Waals surface area contributed by atoms with Crippen LogP contribution in [0.3, 0.4) is 0 Å². The first-order chi connectivity index (χ1) is 9.65. The van der Waals surface area contributed by atoms with Crippen LogP contribution in [0, 0.1) is 11.7 Å². The molecular formula is C15H21Cl2FN2O. The number of benzene rings is 1. The molecule has 2 N–H and O–H groups in total. The van der Waals surface area contributed by atoms with Gasteiger partial charge in [0.25, 0.3) is 0 Å². The maximum atomic E-state index is 13.0. The van der Waals surface area contributed by atoms with Crippen molar-refractivity contribution in [3.63, 3.8) is 0 Å². The quantitative estimate of drug-likeness (QED) is 0.867. The molecule has 1 aliphatic rings. The predicted molar refractivity (Wildman–Crippen MR) is 85.3 cm³/mol. The molecule has 1 amide bonds. The van der Waals surface area contributed by atoms with Crippen molar-refractivity contribution < 1.29 is 9.18 Å². The van der Waals surface area contributed by atoms with Crippen molar-refractivity contribution in [1.82, 2.24) is 10.6 Å². The molecule has 0 radical (unpaired) electrons. The molecule has 0 aromatic heterocycles. The van der Waals surface area contributed by atoms with Crippen LogP contribution in [0.25, 0.3) is 0 Å². The minimum absolute atomic E-state index is 0. The van der Waals surface area contributed by atoms with Gasteiger partial charge in [-0.15, -0.1) is 12.4 Å². The van der Waals surface area contributed by atoms with Gasteiger partial charge in [-0.2, -0.15) is 0 Å². The lowest BCUT2D eigenvalue weighted by atomic mass is 9.93. The minimum atomic E-state index is -0.437. The first-order valence-electron chi connectivity index (χ1n) is 7.06. The summed E-state index contributed by atoms with van der Waals surface area (Å²) in [5.41, 5.74) is 0.812. The first-order valence-corrected chi connectivity index (χ1v) is 7.44. The molecule has 0 unspecified atom stereocenters. The average molecular weight is 335 g/mol. The van der Waals surface area contributed by atoms with Crippen molar-refractivity contribution in [2.24, 2.45) is 5.92 Å². The number of rotatable bonds is 5. The molecule has 0 atom stereocenters. The summed E-state index contributed by atoms with van der Waals surface area (Å²) in [5.74, 6) is 0.263. The van der Waals surface area contributed by atoms with Crippen LogP contribution in [-0.2, 0) is 11.3 Å². The third kappa shape index (κ3) is 6.20. The van der Waals surface area contributed by atoms with E-state index in [1.807, 2.05) is 0 Å².